The standard InChI is InChI=1S/C14H22N2O2/c1-2-18-13-9-11(3-4-12(13)17)14(15)10-5-7-16-8-6-10/h3-4,9-10,14,16-17H,2,5-8,15H2,1H3/t14-/m1/s1. The minimum atomic E-state index is 0.0203. The summed E-state index contributed by atoms with van der Waals surface area (Å²) in [5.41, 5.74) is 7.36. The smallest absolute Gasteiger partial charge is 0.161 e. The van der Waals surface area contributed by atoms with Crippen molar-refractivity contribution in [1.82, 2.24) is 5.32 Å². The highest BCUT2D eigenvalue weighted by Gasteiger charge is 2.22. The molecule has 18 heavy (non-hydrogen) atoms. The summed E-state index contributed by atoms with van der Waals surface area (Å²) in [6, 6.07) is 5.45. The number of ether oxygens (including phenoxy) is 1. The van der Waals surface area contributed by atoms with E-state index in [1.807, 2.05) is 19.1 Å². The Hall–Kier alpha value is -1.26. The molecule has 4 nitrogen and oxygen atoms in total. The molecule has 0 aliphatic carbocycles. The molecule has 1 saturated heterocycles. The number of hydrogen-bond acceptors (Lipinski definition) is 4. The van der Waals surface area contributed by atoms with E-state index in [1.165, 1.54) is 0 Å². The van der Waals surface area contributed by atoms with Crippen LogP contribution in [0.3, 0.4) is 0 Å². The molecule has 2 rings (SSSR count). The quantitative estimate of drug-likeness (QED) is 0.762. The van der Waals surface area contributed by atoms with Crippen molar-refractivity contribution in [2.24, 2.45) is 11.7 Å². The maximum atomic E-state index is 9.68. The van der Waals surface area contributed by atoms with Crippen LogP contribution in [-0.4, -0.2) is 24.8 Å². The highest BCUT2D eigenvalue weighted by atomic mass is 16.5. The van der Waals surface area contributed by atoms with Crippen LogP contribution < -0.4 is 15.8 Å². The molecule has 0 radical (unpaired) electrons. The SMILES string of the molecule is CCOc1cc([C@H](N)C2CCNCC2)ccc1O. The van der Waals surface area contributed by atoms with Crippen LogP contribution in [0.4, 0.5) is 0 Å². The van der Waals surface area contributed by atoms with Crippen molar-refractivity contribution in [1.29, 1.82) is 0 Å². The fourth-order valence-corrected chi connectivity index (χ4v) is 2.48. The number of aromatic hydroxyl groups is 1. The van der Waals surface area contributed by atoms with Gasteiger partial charge in [-0.25, -0.2) is 0 Å². The first-order chi connectivity index (χ1) is 8.72. The second-order valence-electron chi connectivity index (χ2n) is 4.77. The van der Waals surface area contributed by atoms with Crippen LogP contribution in [0.25, 0.3) is 0 Å². The average Bonchev–Trinajstić information content (AvgIpc) is 2.42. The van der Waals surface area contributed by atoms with Gasteiger partial charge in [0.05, 0.1) is 6.61 Å². The Bertz CT molecular complexity index is 389. The molecule has 1 atom stereocenters. The van der Waals surface area contributed by atoms with Crippen molar-refractivity contribution in [3.8, 4) is 11.5 Å². The summed E-state index contributed by atoms with van der Waals surface area (Å²) in [5.74, 6) is 1.21. The molecule has 0 aromatic heterocycles. The van der Waals surface area contributed by atoms with Crippen LogP contribution in [0.1, 0.15) is 31.4 Å². The van der Waals surface area contributed by atoms with Crippen molar-refractivity contribution in [3.05, 3.63) is 23.8 Å². The lowest BCUT2D eigenvalue weighted by molar-refractivity contribution is 0.310. The topological polar surface area (TPSA) is 67.5 Å². The molecule has 1 aromatic carbocycles. The summed E-state index contributed by atoms with van der Waals surface area (Å²) in [5, 5.41) is 13.0. The predicted octanol–water partition coefficient (Wildman–Crippen LogP) is 1.79. The van der Waals surface area contributed by atoms with E-state index < -0.39 is 0 Å². The van der Waals surface area contributed by atoms with E-state index in [1.54, 1.807) is 6.07 Å². The molecule has 1 aliphatic rings. The summed E-state index contributed by atoms with van der Waals surface area (Å²) in [7, 11) is 0. The maximum absolute atomic E-state index is 9.68. The molecule has 1 aromatic rings. The van der Waals surface area contributed by atoms with E-state index in [9.17, 15) is 5.11 Å². The van der Waals surface area contributed by atoms with E-state index in [2.05, 4.69) is 5.32 Å². The number of benzene rings is 1. The highest BCUT2D eigenvalue weighted by molar-refractivity contribution is 5.42. The number of phenolic OH excluding ortho intramolecular Hbond substituents is 1. The van der Waals surface area contributed by atoms with Gasteiger partial charge in [-0.05, 0) is 56.5 Å². The van der Waals surface area contributed by atoms with Gasteiger partial charge >= 0.3 is 0 Å². The molecule has 0 saturated carbocycles. The van der Waals surface area contributed by atoms with Crippen molar-refractivity contribution >= 4 is 0 Å². The third-order valence-electron chi connectivity index (χ3n) is 3.56. The Morgan fingerprint density at radius 3 is 2.83 bits per heavy atom. The van der Waals surface area contributed by atoms with Gasteiger partial charge in [0.1, 0.15) is 0 Å². The Morgan fingerprint density at radius 2 is 2.17 bits per heavy atom. The van der Waals surface area contributed by atoms with Gasteiger partial charge in [-0.15, -0.1) is 0 Å². The van der Waals surface area contributed by atoms with E-state index in [0.29, 0.717) is 18.3 Å². The molecule has 1 heterocycles. The summed E-state index contributed by atoms with van der Waals surface area (Å²) in [4.78, 5) is 0. The van der Waals surface area contributed by atoms with Gasteiger partial charge in [0.2, 0.25) is 0 Å². The third-order valence-corrected chi connectivity index (χ3v) is 3.56. The van der Waals surface area contributed by atoms with E-state index in [4.69, 9.17) is 10.5 Å². The minimum absolute atomic E-state index is 0.0203. The van der Waals surface area contributed by atoms with E-state index in [0.717, 1.165) is 31.5 Å². The van der Waals surface area contributed by atoms with Gasteiger partial charge in [0.15, 0.2) is 11.5 Å². The van der Waals surface area contributed by atoms with Crippen LogP contribution in [0.2, 0.25) is 0 Å². The van der Waals surface area contributed by atoms with Crippen LogP contribution in [-0.2, 0) is 0 Å². The highest BCUT2D eigenvalue weighted by Crippen LogP contribution is 2.33. The normalized spacial score (nSPS) is 18.6. The van der Waals surface area contributed by atoms with Crippen molar-refractivity contribution < 1.29 is 9.84 Å². The Morgan fingerprint density at radius 1 is 1.44 bits per heavy atom. The molecule has 0 unspecified atom stereocenters. The first-order valence-corrected chi connectivity index (χ1v) is 6.64. The molecular formula is C14H22N2O2. The van der Waals surface area contributed by atoms with Crippen molar-refractivity contribution in [2.75, 3.05) is 19.7 Å². The molecule has 0 bridgehead atoms. The molecule has 0 spiro atoms. The van der Waals surface area contributed by atoms with Gasteiger partial charge in [-0.2, -0.15) is 0 Å². The van der Waals surface area contributed by atoms with Crippen molar-refractivity contribution in [3.63, 3.8) is 0 Å². The maximum Gasteiger partial charge on any atom is 0.161 e. The monoisotopic (exact) mass is 250 g/mol. The van der Waals surface area contributed by atoms with Crippen LogP contribution in [0.5, 0.6) is 11.5 Å². The lowest BCUT2D eigenvalue weighted by atomic mass is 9.86. The number of hydrogen-bond donors (Lipinski definition) is 3. The molecule has 4 N–H and O–H groups in total. The summed E-state index contributed by atoms with van der Waals surface area (Å²) < 4.78 is 5.40. The summed E-state index contributed by atoms with van der Waals surface area (Å²) in [6.07, 6.45) is 2.21. The molecule has 1 aliphatic heterocycles. The third kappa shape index (κ3) is 2.94. The number of phenols is 1. The number of nitrogens with one attached hydrogen (secondary N) is 1. The zero-order chi connectivity index (χ0) is 13.0. The van der Waals surface area contributed by atoms with Gasteiger partial charge in [0.25, 0.3) is 0 Å². The number of nitrogens with two attached hydrogens (primary N) is 1. The molecule has 0 amide bonds. The molecule has 4 heteroatoms. The zero-order valence-corrected chi connectivity index (χ0v) is 10.9. The minimum Gasteiger partial charge on any atom is -0.504 e. The second-order valence-corrected chi connectivity index (χ2v) is 4.77. The average molecular weight is 250 g/mol. The van der Waals surface area contributed by atoms with Gasteiger partial charge in [-0.1, -0.05) is 6.07 Å². The number of piperidine rings is 1. The Balaban J connectivity index is 2.13. The summed E-state index contributed by atoms with van der Waals surface area (Å²) >= 11 is 0. The lowest BCUT2D eigenvalue weighted by Crippen LogP contribution is -2.33. The fraction of sp³-hybridized carbons (Fsp3) is 0.571. The lowest BCUT2D eigenvalue weighted by Gasteiger charge is -2.28. The predicted molar refractivity (Wildman–Crippen MR) is 71.8 cm³/mol. The summed E-state index contributed by atoms with van der Waals surface area (Å²) in [6.45, 7) is 4.52. The van der Waals surface area contributed by atoms with Gasteiger partial charge < -0.3 is 20.9 Å². The van der Waals surface area contributed by atoms with Crippen molar-refractivity contribution in [2.45, 2.75) is 25.8 Å². The van der Waals surface area contributed by atoms with Crippen LogP contribution >= 0.6 is 0 Å². The molecular weight excluding hydrogens is 228 g/mol. The second kappa shape index (κ2) is 6.07. The van der Waals surface area contributed by atoms with Gasteiger partial charge in [0, 0.05) is 6.04 Å². The molecule has 100 valence electrons. The number of rotatable bonds is 4. The van der Waals surface area contributed by atoms with Crippen LogP contribution in [0.15, 0.2) is 18.2 Å². The first-order valence-electron chi connectivity index (χ1n) is 6.64. The molecule has 1 fully saturated rings. The fourth-order valence-electron chi connectivity index (χ4n) is 2.48. The van der Waals surface area contributed by atoms with Gasteiger partial charge in [-0.3, -0.25) is 0 Å². The largest absolute Gasteiger partial charge is 0.504 e. The van der Waals surface area contributed by atoms with E-state index >= 15 is 0 Å². The Labute approximate surface area is 108 Å². The van der Waals surface area contributed by atoms with Crippen LogP contribution in [0, 0.1) is 5.92 Å². The first kappa shape index (κ1) is 13.2. The Kier molecular flexibility index (Phi) is 4.44. The zero-order valence-electron chi connectivity index (χ0n) is 10.9. The van der Waals surface area contributed by atoms with E-state index in [-0.39, 0.29) is 11.8 Å².